The normalized spacial score (nSPS) is 18.1. The molecule has 2 aromatic rings. The summed E-state index contributed by atoms with van der Waals surface area (Å²) in [6.07, 6.45) is 0. The summed E-state index contributed by atoms with van der Waals surface area (Å²) in [6.45, 7) is 6.51. The summed E-state index contributed by atoms with van der Waals surface area (Å²) in [5.74, 6) is -4.58. The van der Waals surface area contributed by atoms with Crippen LogP contribution in [-0.2, 0) is 26.1 Å². The number of ether oxygens (including phenoxy) is 2. The van der Waals surface area contributed by atoms with Gasteiger partial charge in [-0.3, -0.25) is 9.59 Å². The number of hydrogen-bond acceptors (Lipinski definition) is 5. The van der Waals surface area contributed by atoms with Gasteiger partial charge in [-0.25, -0.2) is 9.30 Å². The van der Waals surface area contributed by atoms with Crippen LogP contribution in [0.5, 0.6) is 0 Å². The van der Waals surface area contributed by atoms with Crippen LogP contribution < -0.4 is 4.73 Å². The number of carbonyl (C=O) groups is 2. The van der Waals surface area contributed by atoms with Crippen molar-refractivity contribution in [3.8, 4) is 0 Å². The number of hydrogen-bond donors (Lipinski definition) is 0. The Balaban J connectivity index is 2.21. The number of aromatic nitrogens is 2. The van der Waals surface area contributed by atoms with Gasteiger partial charge in [0.1, 0.15) is 17.3 Å². The summed E-state index contributed by atoms with van der Waals surface area (Å²) in [7, 11) is 1.74. The van der Waals surface area contributed by atoms with Crippen LogP contribution >= 0.6 is 15.9 Å². The Bertz CT molecular complexity index is 872. The number of nitrogens with zero attached hydrogens (tertiary/aromatic N) is 2. The van der Waals surface area contributed by atoms with E-state index >= 15 is 0 Å². The van der Waals surface area contributed by atoms with E-state index in [2.05, 4.69) is 15.9 Å². The lowest BCUT2D eigenvalue weighted by Gasteiger charge is -2.35. The zero-order valence-corrected chi connectivity index (χ0v) is 17.4. The van der Waals surface area contributed by atoms with Gasteiger partial charge in [-0.05, 0) is 17.7 Å². The van der Waals surface area contributed by atoms with Gasteiger partial charge < -0.3 is 14.7 Å². The van der Waals surface area contributed by atoms with Gasteiger partial charge in [0.05, 0.1) is 7.05 Å². The second-order valence-electron chi connectivity index (χ2n) is 7.13. The quantitative estimate of drug-likeness (QED) is 0.319. The topological polar surface area (TPSA) is 84.5 Å². The number of benzene rings is 1. The molecule has 1 aromatic heterocycles. The number of cyclic esters (lactones) is 2. The average Bonchev–Trinajstić information content (AvgIpc) is 2.75. The van der Waals surface area contributed by atoms with Crippen molar-refractivity contribution in [2.24, 2.45) is 13.0 Å². The molecule has 0 bridgehead atoms. The molecule has 0 N–H and O–H groups in total. The molecule has 1 fully saturated rings. The first-order chi connectivity index (χ1) is 12.5. The van der Waals surface area contributed by atoms with E-state index in [1.807, 2.05) is 6.92 Å². The third-order valence-electron chi connectivity index (χ3n) is 4.92. The molecule has 0 radical (unpaired) electrons. The summed E-state index contributed by atoms with van der Waals surface area (Å²) >= 11 is 3.37. The molecule has 0 amide bonds. The molecule has 7 nitrogen and oxygen atoms in total. The maximum absolute atomic E-state index is 12.9. The molecule has 1 aliphatic heterocycles. The first-order valence-electron chi connectivity index (χ1n) is 8.50. The molecule has 144 valence electrons. The number of esters is 2. The predicted molar refractivity (Wildman–Crippen MR) is 99.6 cm³/mol. The SMILES string of the molecule is Cc1c(C)[n+]([O-])c([C@H](c2ccc(Br)cc2)C2C(=O)OC(C)(C)OC2=O)n1C. The first kappa shape index (κ1) is 19.4. The van der Waals surface area contributed by atoms with Gasteiger partial charge in [-0.1, -0.05) is 28.1 Å². The fourth-order valence-corrected chi connectivity index (χ4v) is 3.63. The first-order valence-corrected chi connectivity index (χ1v) is 9.29. The number of rotatable bonds is 3. The lowest BCUT2D eigenvalue weighted by atomic mass is 9.84. The summed E-state index contributed by atoms with van der Waals surface area (Å²) in [5.41, 5.74) is 1.90. The van der Waals surface area contributed by atoms with E-state index in [1.165, 1.54) is 13.8 Å². The molecule has 2 heterocycles. The lowest BCUT2D eigenvalue weighted by molar-refractivity contribution is -0.621. The Labute approximate surface area is 165 Å². The molecule has 1 saturated heterocycles. The molecule has 1 aromatic carbocycles. The predicted octanol–water partition coefficient (Wildman–Crippen LogP) is 2.62. The fraction of sp³-hybridized carbons (Fsp3) is 0.421. The molecule has 1 atom stereocenters. The smallest absolute Gasteiger partial charge is 0.324 e. The van der Waals surface area contributed by atoms with E-state index in [-0.39, 0.29) is 5.82 Å². The maximum Gasteiger partial charge on any atom is 0.324 e. The highest BCUT2D eigenvalue weighted by Gasteiger charge is 2.51. The van der Waals surface area contributed by atoms with Gasteiger partial charge in [0.15, 0.2) is 5.92 Å². The molecule has 0 unspecified atom stereocenters. The van der Waals surface area contributed by atoms with Gasteiger partial charge in [0.2, 0.25) is 0 Å². The average molecular weight is 437 g/mol. The minimum atomic E-state index is -1.33. The third kappa shape index (κ3) is 3.34. The van der Waals surface area contributed by atoms with E-state index in [0.717, 1.165) is 14.9 Å². The van der Waals surface area contributed by atoms with Gasteiger partial charge in [-0.2, -0.15) is 0 Å². The van der Waals surface area contributed by atoms with Gasteiger partial charge >= 0.3 is 11.9 Å². The Kier molecular flexibility index (Phi) is 4.80. The van der Waals surface area contributed by atoms with Crippen molar-refractivity contribution >= 4 is 27.9 Å². The molecule has 0 aliphatic carbocycles. The van der Waals surface area contributed by atoms with Gasteiger partial charge in [0.25, 0.3) is 11.6 Å². The second kappa shape index (κ2) is 6.67. The van der Waals surface area contributed by atoms with Gasteiger partial charge in [0, 0.05) is 32.2 Å². The molecule has 8 heteroatoms. The standard InChI is InChI=1S/C19H21BrN2O5/c1-10-11(2)22(25)16(21(10)5)14(12-6-8-13(20)9-7-12)15-17(23)26-19(3,4)27-18(15)24/h6-9,14-15H,1-5H3/t14-/m1/s1. The van der Waals surface area contributed by atoms with Crippen molar-refractivity contribution in [3.63, 3.8) is 0 Å². The van der Waals surface area contributed by atoms with Crippen LogP contribution in [0.4, 0.5) is 0 Å². The fourth-order valence-electron chi connectivity index (χ4n) is 3.37. The van der Waals surface area contributed by atoms with Crippen LogP contribution in [-0.4, -0.2) is 22.3 Å². The Morgan fingerprint density at radius 3 is 2.11 bits per heavy atom. The Hall–Kier alpha value is -2.35. The second-order valence-corrected chi connectivity index (χ2v) is 8.05. The summed E-state index contributed by atoms with van der Waals surface area (Å²) in [5, 5.41) is 12.9. The van der Waals surface area contributed by atoms with Crippen molar-refractivity contribution in [3.05, 3.63) is 56.7 Å². The largest absolute Gasteiger partial charge is 0.711 e. The van der Waals surface area contributed by atoms with Crippen LogP contribution in [0.25, 0.3) is 0 Å². The molecule has 0 saturated carbocycles. The van der Waals surface area contributed by atoms with Crippen molar-refractivity contribution in [2.75, 3.05) is 0 Å². The summed E-state index contributed by atoms with van der Waals surface area (Å²) in [6, 6.07) is 7.13. The number of imidazole rings is 1. The molecule has 0 spiro atoms. The van der Waals surface area contributed by atoms with Crippen molar-refractivity contribution in [1.82, 2.24) is 4.57 Å². The zero-order chi connectivity index (χ0) is 20.1. The lowest BCUT2D eigenvalue weighted by Crippen LogP contribution is -2.50. The summed E-state index contributed by atoms with van der Waals surface area (Å²) in [4.78, 5) is 25.5. The van der Waals surface area contributed by atoms with Gasteiger partial charge in [-0.15, -0.1) is 0 Å². The van der Waals surface area contributed by atoms with E-state index in [1.54, 1.807) is 42.8 Å². The highest BCUT2D eigenvalue weighted by Crippen LogP contribution is 2.37. The third-order valence-corrected chi connectivity index (χ3v) is 5.45. The number of halogens is 1. The van der Waals surface area contributed by atoms with Crippen LogP contribution in [0.3, 0.4) is 0 Å². The minimum absolute atomic E-state index is 0.283. The monoisotopic (exact) mass is 436 g/mol. The zero-order valence-electron chi connectivity index (χ0n) is 15.8. The van der Waals surface area contributed by atoms with Crippen LogP contribution in [0, 0.1) is 25.0 Å². The highest BCUT2D eigenvalue weighted by atomic mass is 79.9. The van der Waals surface area contributed by atoms with E-state index in [4.69, 9.17) is 9.47 Å². The van der Waals surface area contributed by atoms with Crippen molar-refractivity contribution in [1.29, 1.82) is 0 Å². The Morgan fingerprint density at radius 1 is 1.15 bits per heavy atom. The van der Waals surface area contributed by atoms with E-state index in [9.17, 15) is 14.8 Å². The van der Waals surface area contributed by atoms with Crippen LogP contribution in [0.1, 0.15) is 42.5 Å². The van der Waals surface area contributed by atoms with Crippen LogP contribution in [0.2, 0.25) is 0 Å². The van der Waals surface area contributed by atoms with Crippen molar-refractivity contribution in [2.45, 2.75) is 39.4 Å². The molecule has 1 aliphatic rings. The maximum atomic E-state index is 12.9. The van der Waals surface area contributed by atoms with E-state index in [0.29, 0.717) is 11.3 Å². The molecular formula is C19H21BrN2O5. The van der Waals surface area contributed by atoms with Crippen molar-refractivity contribution < 1.29 is 23.8 Å². The summed E-state index contributed by atoms with van der Waals surface area (Å²) < 4.78 is 13.9. The molecule has 27 heavy (non-hydrogen) atoms. The minimum Gasteiger partial charge on any atom is -0.711 e. The number of carbonyl (C=O) groups excluding carboxylic acids is 2. The molecular weight excluding hydrogens is 416 g/mol. The molecule has 3 rings (SSSR count). The van der Waals surface area contributed by atoms with Crippen LogP contribution in [0.15, 0.2) is 28.7 Å². The Morgan fingerprint density at radius 2 is 1.67 bits per heavy atom. The highest BCUT2D eigenvalue weighted by molar-refractivity contribution is 9.10. The van der Waals surface area contributed by atoms with E-state index < -0.39 is 29.6 Å².